The van der Waals surface area contributed by atoms with Gasteiger partial charge in [0, 0.05) is 37.3 Å². The predicted molar refractivity (Wildman–Crippen MR) is 113 cm³/mol. The molecular formula is C21H29N3O5S. The highest BCUT2D eigenvalue weighted by atomic mass is 32.2. The van der Waals surface area contributed by atoms with E-state index in [1.165, 1.54) is 21.3 Å². The summed E-state index contributed by atoms with van der Waals surface area (Å²) in [4.78, 5) is 41.1. The first-order valence-electron chi connectivity index (χ1n) is 10.3. The van der Waals surface area contributed by atoms with E-state index in [-0.39, 0.29) is 36.2 Å². The highest BCUT2D eigenvalue weighted by Crippen LogP contribution is 2.30. The lowest BCUT2D eigenvalue weighted by atomic mass is 10.0. The van der Waals surface area contributed by atoms with Crippen LogP contribution in [0.5, 0.6) is 0 Å². The van der Waals surface area contributed by atoms with Crippen molar-refractivity contribution in [2.24, 2.45) is 0 Å². The molecule has 3 amide bonds. The molecule has 0 aromatic heterocycles. The molecule has 0 saturated carbocycles. The second-order valence-electron chi connectivity index (χ2n) is 8.74. The predicted octanol–water partition coefficient (Wildman–Crippen LogP) is 1.97. The Bertz CT molecular complexity index is 973. The third-order valence-corrected chi connectivity index (χ3v) is 7.44. The Hall–Kier alpha value is -2.26. The lowest BCUT2D eigenvalue weighted by Crippen LogP contribution is -2.51. The number of benzene rings is 1. The Balaban J connectivity index is 1.73. The van der Waals surface area contributed by atoms with Crippen LogP contribution in [0.1, 0.15) is 71.6 Å². The molecule has 3 rings (SSSR count). The van der Waals surface area contributed by atoms with Crippen LogP contribution in [0.2, 0.25) is 0 Å². The van der Waals surface area contributed by atoms with Gasteiger partial charge >= 0.3 is 0 Å². The van der Waals surface area contributed by atoms with Crippen molar-refractivity contribution in [3.8, 4) is 0 Å². The lowest BCUT2D eigenvalue weighted by molar-refractivity contribution is 0.0507. The van der Waals surface area contributed by atoms with Crippen molar-refractivity contribution in [2.45, 2.75) is 46.1 Å². The molecular weight excluding hydrogens is 406 g/mol. The summed E-state index contributed by atoms with van der Waals surface area (Å²) in [5, 5.41) is 0. The summed E-state index contributed by atoms with van der Waals surface area (Å²) in [7, 11) is -3.29. The van der Waals surface area contributed by atoms with E-state index in [9.17, 15) is 22.8 Å². The number of imide groups is 1. The number of hydrogen-bond acceptors (Lipinski definition) is 5. The lowest BCUT2D eigenvalue weighted by Gasteiger charge is -2.34. The van der Waals surface area contributed by atoms with Crippen LogP contribution in [0, 0.1) is 0 Å². The Morgan fingerprint density at radius 3 is 2.17 bits per heavy atom. The summed E-state index contributed by atoms with van der Waals surface area (Å²) < 4.78 is 26.1. The van der Waals surface area contributed by atoms with E-state index in [1.54, 1.807) is 31.7 Å². The van der Waals surface area contributed by atoms with E-state index < -0.39 is 21.5 Å². The first kappa shape index (κ1) is 22.4. The second kappa shape index (κ2) is 8.11. The summed E-state index contributed by atoms with van der Waals surface area (Å²) >= 11 is 0. The number of carbonyl (C=O) groups excluding carboxylic acids is 3. The minimum Gasteiger partial charge on any atom is -0.336 e. The van der Waals surface area contributed by atoms with Gasteiger partial charge in [-0.05, 0) is 45.4 Å². The molecule has 2 aliphatic heterocycles. The van der Waals surface area contributed by atoms with Gasteiger partial charge in [0.15, 0.2) is 0 Å². The summed E-state index contributed by atoms with van der Waals surface area (Å²) in [5.74, 6) is -0.892. The van der Waals surface area contributed by atoms with Gasteiger partial charge in [-0.2, -0.15) is 4.31 Å². The Morgan fingerprint density at radius 1 is 1.00 bits per heavy atom. The van der Waals surface area contributed by atoms with Crippen LogP contribution < -0.4 is 0 Å². The first-order chi connectivity index (χ1) is 14.0. The standard InChI is InChI=1S/C21H29N3O5S/c1-5-6-13-30(28,29)23-11-9-22(10-12-23)18(25)15-7-8-16-17(14-15)20(27)24(19(16)26)21(2,3)4/h7-8,14H,5-6,9-13H2,1-4H3. The normalized spacial score (nSPS) is 18.1. The number of fused-ring (bicyclic) bond motifs is 1. The smallest absolute Gasteiger partial charge is 0.262 e. The SMILES string of the molecule is CCCCS(=O)(=O)N1CCN(C(=O)c2ccc3c(c2)C(=O)N(C(C)(C)C)C3=O)CC1. The van der Waals surface area contributed by atoms with Gasteiger partial charge < -0.3 is 4.90 Å². The highest BCUT2D eigenvalue weighted by molar-refractivity contribution is 7.89. The third kappa shape index (κ3) is 4.13. The van der Waals surface area contributed by atoms with Crippen molar-refractivity contribution >= 4 is 27.7 Å². The average Bonchev–Trinajstić information content (AvgIpc) is 2.96. The van der Waals surface area contributed by atoms with Crippen LogP contribution in [0.4, 0.5) is 0 Å². The molecule has 0 unspecified atom stereocenters. The number of nitrogens with zero attached hydrogens (tertiary/aromatic N) is 3. The largest absolute Gasteiger partial charge is 0.336 e. The third-order valence-electron chi connectivity index (χ3n) is 5.48. The van der Waals surface area contributed by atoms with Gasteiger partial charge in [-0.25, -0.2) is 8.42 Å². The van der Waals surface area contributed by atoms with Gasteiger partial charge in [0.05, 0.1) is 16.9 Å². The zero-order valence-corrected chi connectivity index (χ0v) is 18.8. The molecule has 30 heavy (non-hydrogen) atoms. The maximum absolute atomic E-state index is 12.9. The minimum atomic E-state index is -3.29. The summed E-state index contributed by atoms with van der Waals surface area (Å²) in [6.45, 7) is 8.42. The van der Waals surface area contributed by atoms with E-state index >= 15 is 0 Å². The molecule has 1 fully saturated rings. The molecule has 2 aliphatic rings. The van der Waals surface area contributed by atoms with Gasteiger partial charge in [0.2, 0.25) is 10.0 Å². The highest BCUT2D eigenvalue weighted by Gasteiger charge is 2.42. The van der Waals surface area contributed by atoms with Crippen LogP contribution in [-0.2, 0) is 10.0 Å². The van der Waals surface area contributed by atoms with Gasteiger partial charge in [-0.1, -0.05) is 13.3 Å². The topological polar surface area (TPSA) is 95.1 Å². The fourth-order valence-electron chi connectivity index (χ4n) is 3.79. The van der Waals surface area contributed by atoms with Gasteiger partial charge in [-0.15, -0.1) is 0 Å². The Morgan fingerprint density at radius 2 is 1.60 bits per heavy atom. The zero-order chi connectivity index (χ0) is 22.3. The van der Waals surface area contributed by atoms with Crippen LogP contribution in [0.3, 0.4) is 0 Å². The van der Waals surface area contributed by atoms with Gasteiger partial charge in [0.25, 0.3) is 17.7 Å². The van der Waals surface area contributed by atoms with Gasteiger partial charge in [-0.3, -0.25) is 19.3 Å². The van der Waals surface area contributed by atoms with Crippen LogP contribution in [-0.4, -0.2) is 77.7 Å². The molecule has 0 atom stereocenters. The number of sulfonamides is 1. The van der Waals surface area contributed by atoms with Crippen LogP contribution in [0.25, 0.3) is 0 Å². The molecule has 0 bridgehead atoms. The first-order valence-corrected chi connectivity index (χ1v) is 11.9. The minimum absolute atomic E-state index is 0.128. The Labute approximate surface area is 177 Å². The molecule has 0 spiro atoms. The molecule has 2 heterocycles. The zero-order valence-electron chi connectivity index (χ0n) is 18.0. The van der Waals surface area contributed by atoms with Crippen molar-refractivity contribution in [3.63, 3.8) is 0 Å². The summed E-state index contributed by atoms with van der Waals surface area (Å²) in [6, 6.07) is 4.57. The number of amides is 3. The molecule has 9 heteroatoms. The number of carbonyl (C=O) groups is 3. The fraction of sp³-hybridized carbons (Fsp3) is 0.571. The number of unbranched alkanes of at least 4 members (excludes halogenated alkanes) is 1. The fourth-order valence-corrected chi connectivity index (χ4v) is 5.42. The molecule has 1 aromatic rings. The van der Waals surface area contributed by atoms with E-state index in [4.69, 9.17) is 0 Å². The average molecular weight is 436 g/mol. The molecule has 0 radical (unpaired) electrons. The van der Waals surface area contributed by atoms with Crippen molar-refractivity contribution in [2.75, 3.05) is 31.9 Å². The van der Waals surface area contributed by atoms with Crippen LogP contribution in [0.15, 0.2) is 18.2 Å². The molecule has 8 nitrogen and oxygen atoms in total. The van der Waals surface area contributed by atoms with E-state index in [0.717, 1.165) is 6.42 Å². The van der Waals surface area contributed by atoms with Crippen LogP contribution >= 0.6 is 0 Å². The van der Waals surface area contributed by atoms with E-state index in [2.05, 4.69) is 0 Å². The molecule has 1 saturated heterocycles. The van der Waals surface area contributed by atoms with Crippen molar-refractivity contribution in [1.29, 1.82) is 0 Å². The molecule has 0 aliphatic carbocycles. The molecule has 0 N–H and O–H groups in total. The molecule has 1 aromatic carbocycles. The summed E-state index contributed by atoms with van der Waals surface area (Å²) in [6.07, 6.45) is 1.43. The number of rotatable bonds is 5. The van der Waals surface area contributed by atoms with Gasteiger partial charge in [0.1, 0.15) is 0 Å². The van der Waals surface area contributed by atoms with Crippen molar-refractivity contribution < 1.29 is 22.8 Å². The number of piperazine rings is 1. The quantitative estimate of drug-likeness (QED) is 0.659. The maximum atomic E-state index is 12.9. The Kier molecular flexibility index (Phi) is 6.06. The maximum Gasteiger partial charge on any atom is 0.262 e. The monoisotopic (exact) mass is 435 g/mol. The van der Waals surface area contributed by atoms with E-state index in [1.807, 2.05) is 6.92 Å². The van der Waals surface area contributed by atoms with Crippen molar-refractivity contribution in [3.05, 3.63) is 34.9 Å². The number of hydrogen-bond donors (Lipinski definition) is 0. The summed E-state index contributed by atoms with van der Waals surface area (Å²) in [5.41, 5.74) is 0.213. The van der Waals surface area contributed by atoms with Crippen molar-refractivity contribution in [1.82, 2.24) is 14.1 Å². The van der Waals surface area contributed by atoms with E-state index in [0.29, 0.717) is 30.6 Å². The second-order valence-corrected chi connectivity index (χ2v) is 10.8. The molecule has 164 valence electrons.